The van der Waals surface area contributed by atoms with Gasteiger partial charge in [-0.2, -0.15) is 0 Å². The first-order valence-corrected chi connectivity index (χ1v) is 13.3. The van der Waals surface area contributed by atoms with Crippen molar-refractivity contribution >= 4 is 18.6 Å². The van der Waals surface area contributed by atoms with Crippen LogP contribution < -0.4 is 12.4 Å². The maximum atomic E-state index is 4.89. The first-order chi connectivity index (χ1) is 10.4. The van der Waals surface area contributed by atoms with Crippen LogP contribution in [0.2, 0.25) is 0 Å². The molecule has 24 heavy (non-hydrogen) atoms. The monoisotopic (exact) mass is 434 g/mol. The van der Waals surface area contributed by atoms with Crippen LogP contribution in [0.3, 0.4) is 0 Å². The van der Waals surface area contributed by atoms with Gasteiger partial charge in [0.1, 0.15) is 0 Å². The zero-order valence-electron chi connectivity index (χ0n) is 16.0. The Balaban J connectivity index is -0.000000343. The third kappa shape index (κ3) is 17.0. The van der Waals surface area contributed by atoms with Gasteiger partial charge in [0.05, 0.1) is 0 Å². The van der Waals surface area contributed by atoms with Crippen molar-refractivity contribution in [3.05, 3.63) is 14.9 Å². The van der Waals surface area contributed by atoms with Gasteiger partial charge in [-0.1, -0.05) is 64.2 Å². The molecule has 148 valence electrons. The summed E-state index contributed by atoms with van der Waals surface area (Å²) >= 11 is -0.556. The third-order valence-electron chi connectivity index (χ3n) is 5.03. The van der Waals surface area contributed by atoms with Crippen molar-refractivity contribution in [2.24, 2.45) is 5.92 Å². The van der Waals surface area contributed by atoms with Crippen molar-refractivity contribution in [2.75, 3.05) is 19.6 Å². The molecular weight excluding hydrogens is 396 g/mol. The number of hydrogen-bond donors (Lipinski definition) is 0. The quantitative estimate of drug-likeness (QED) is 0.472. The van der Waals surface area contributed by atoms with Gasteiger partial charge < -0.3 is 32.2 Å². The second kappa shape index (κ2) is 22.6. The van der Waals surface area contributed by atoms with E-state index >= 15 is 0 Å². The summed E-state index contributed by atoms with van der Waals surface area (Å²) in [6, 6.07) is 0. The van der Waals surface area contributed by atoms with E-state index in [-0.39, 0.29) is 27.3 Å². The Hall–Kier alpha value is 1.54. The maximum absolute atomic E-state index is 4.89. The van der Waals surface area contributed by atoms with Crippen molar-refractivity contribution in [1.29, 1.82) is 0 Å². The summed E-state index contributed by atoms with van der Waals surface area (Å²) in [6.45, 7) is 4.16. The average molecular weight is 436 g/mol. The topological polar surface area (TPSA) is 3.24 Å². The molecule has 0 N–H and O–H groups in total. The van der Waals surface area contributed by atoms with Crippen LogP contribution in [0.25, 0.3) is 0 Å². The Bertz CT molecular complexity index is 209. The van der Waals surface area contributed by atoms with Crippen molar-refractivity contribution < 1.29 is 29.4 Å². The molecule has 0 unspecified atom stereocenters. The molecule has 3 rings (SSSR count). The van der Waals surface area contributed by atoms with Gasteiger partial charge in [-0.15, -0.1) is 0 Å². The van der Waals surface area contributed by atoms with E-state index in [1.807, 2.05) is 0 Å². The van der Waals surface area contributed by atoms with E-state index in [0.29, 0.717) is 0 Å². The Morgan fingerprint density at radius 2 is 1.08 bits per heavy atom. The number of piperidine rings is 1. The summed E-state index contributed by atoms with van der Waals surface area (Å²) in [5.74, 6) is 1.09. The fourth-order valence-corrected chi connectivity index (χ4v) is 3.73. The van der Waals surface area contributed by atoms with E-state index in [4.69, 9.17) is 18.6 Å². The fraction of sp³-hybridized carbons (Fsp3) is 0.895. The predicted octanol–water partition coefficient (Wildman–Crippen LogP) is 4.28. The van der Waals surface area contributed by atoms with Gasteiger partial charge in [0.2, 0.25) is 0 Å². The van der Waals surface area contributed by atoms with Crippen LogP contribution in [0, 0.1) is 20.8 Å². The van der Waals surface area contributed by atoms with Crippen molar-refractivity contribution in [3.63, 3.8) is 0 Å². The number of hydrogen-bond acceptors (Lipinski definition) is 1. The SMILES string of the molecule is C1CCCC1.C1CCN(CCC2CCCC2)CC1.[CH3-].[CH3-].[Cl-].[Cl][Ti][Cl]. The van der Waals surface area contributed by atoms with E-state index in [1.165, 1.54) is 103 Å². The summed E-state index contributed by atoms with van der Waals surface area (Å²) in [5.41, 5.74) is 0. The van der Waals surface area contributed by atoms with Crippen LogP contribution in [0.15, 0.2) is 0 Å². The Labute approximate surface area is 176 Å². The fourth-order valence-electron chi connectivity index (χ4n) is 3.73. The van der Waals surface area contributed by atoms with Crippen LogP contribution in [-0.4, -0.2) is 24.5 Å². The van der Waals surface area contributed by atoms with Crippen LogP contribution in [0.1, 0.15) is 83.5 Å². The normalized spacial score (nSPS) is 20.1. The van der Waals surface area contributed by atoms with Gasteiger partial charge in [0, 0.05) is 0 Å². The third-order valence-corrected chi connectivity index (χ3v) is 5.03. The molecule has 5 heteroatoms. The summed E-state index contributed by atoms with van der Waals surface area (Å²) in [5, 5.41) is 0. The summed E-state index contributed by atoms with van der Waals surface area (Å²) in [7, 11) is 9.78. The van der Waals surface area contributed by atoms with E-state index in [1.54, 1.807) is 0 Å². The molecule has 0 atom stereocenters. The summed E-state index contributed by atoms with van der Waals surface area (Å²) < 4.78 is 0. The molecule has 0 aromatic rings. The standard InChI is InChI=1S/C12H23N.C5H10.2CH3.3ClH.Ti/c1-4-9-13(10-5-1)11-8-12-6-2-3-7-12;1-2-4-5-3-1;;;;;;/h12H,1-11H2;1-5H2;2*1H3;3*1H;/q;;2*-1;;;;+2/p-3. The molecule has 0 aromatic heterocycles. The zero-order valence-corrected chi connectivity index (χ0v) is 19.8. The van der Waals surface area contributed by atoms with Crippen molar-refractivity contribution in [2.45, 2.75) is 83.5 Å². The van der Waals surface area contributed by atoms with E-state index in [2.05, 4.69) is 4.90 Å². The van der Waals surface area contributed by atoms with Crippen molar-refractivity contribution in [1.82, 2.24) is 4.90 Å². The molecule has 0 radical (unpaired) electrons. The van der Waals surface area contributed by atoms with Gasteiger partial charge in [0.15, 0.2) is 0 Å². The van der Waals surface area contributed by atoms with Crippen LogP contribution in [-0.2, 0) is 17.0 Å². The zero-order chi connectivity index (χ0) is 15.2. The van der Waals surface area contributed by atoms with Gasteiger partial charge in [0.25, 0.3) is 0 Å². The van der Waals surface area contributed by atoms with Gasteiger partial charge >= 0.3 is 35.6 Å². The molecule has 1 aliphatic heterocycles. The van der Waals surface area contributed by atoms with Gasteiger partial charge in [-0.25, -0.2) is 0 Å². The average Bonchev–Trinajstić information content (AvgIpc) is 3.23. The second-order valence-electron chi connectivity index (χ2n) is 6.68. The van der Waals surface area contributed by atoms with E-state index in [9.17, 15) is 0 Å². The molecule has 0 aromatic carbocycles. The minimum absolute atomic E-state index is 0. The van der Waals surface area contributed by atoms with Crippen LogP contribution in [0.5, 0.6) is 0 Å². The minimum atomic E-state index is -0.556. The second-order valence-corrected chi connectivity index (χ2v) is 9.26. The van der Waals surface area contributed by atoms with E-state index < -0.39 is 17.0 Å². The molecule has 2 saturated carbocycles. The summed E-state index contributed by atoms with van der Waals surface area (Å²) in [4.78, 5) is 2.68. The molecule has 3 aliphatic rings. The van der Waals surface area contributed by atoms with E-state index in [0.717, 1.165) is 5.92 Å². The molecular formula is C19H39Cl3NTi-3. The van der Waals surface area contributed by atoms with Crippen molar-refractivity contribution in [3.8, 4) is 0 Å². The Morgan fingerprint density at radius 3 is 1.50 bits per heavy atom. The first kappa shape index (κ1) is 30.3. The Kier molecular flexibility index (Phi) is 28.5. The summed E-state index contributed by atoms with van der Waals surface area (Å²) in [6.07, 6.45) is 19.4. The number of likely N-dealkylation sites (tertiary alicyclic amines) is 1. The van der Waals surface area contributed by atoms with Crippen LogP contribution >= 0.6 is 18.6 Å². The van der Waals surface area contributed by atoms with Gasteiger partial charge in [-0.3, -0.25) is 0 Å². The molecule has 0 bridgehead atoms. The predicted molar refractivity (Wildman–Crippen MR) is 104 cm³/mol. The molecule has 0 spiro atoms. The first-order valence-electron chi connectivity index (χ1n) is 9.05. The molecule has 3 fully saturated rings. The molecule has 0 amide bonds. The molecule has 2 aliphatic carbocycles. The number of rotatable bonds is 3. The Morgan fingerprint density at radius 1 is 0.708 bits per heavy atom. The van der Waals surface area contributed by atoms with Gasteiger partial charge in [-0.05, 0) is 44.8 Å². The molecule has 1 nitrogen and oxygen atoms in total. The number of nitrogens with zero attached hydrogens (tertiary/aromatic N) is 1. The molecule has 1 saturated heterocycles. The number of halogens is 3. The molecule has 1 heterocycles. The van der Waals surface area contributed by atoms with Crippen LogP contribution in [0.4, 0.5) is 0 Å².